The third-order valence-electron chi connectivity index (χ3n) is 2.78. The average molecular weight is 325 g/mol. The first-order chi connectivity index (χ1) is 9.02. The number of aromatic nitrogens is 2. The summed E-state index contributed by atoms with van der Waals surface area (Å²) in [6.45, 7) is 2.04. The molecule has 0 fully saturated rings. The van der Waals surface area contributed by atoms with Crippen molar-refractivity contribution in [3.63, 3.8) is 0 Å². The number of nitro groups is 1. The van der Waals surface area contributed by atoms with E-state index in [9.17, 15) is 10.1 Å². The summed E-state index contributed by atoms with van der Waals surface area (Å²) in [5.41, 5.74) is 8.18. The second-order valence-corrected chi connectivity index (χ2v) is 5.08. The lowest BCUT2D eigenvalue weighted by molar-refractivity contribution is -0.384. The fourth-order valence-corrected chi connectivity index (χ4v) is 2.43. The van der Waals surface area contributed by atoms with Gasteiger partial charge >= 0.3 is 0 Å². The van der Waals surface area contributed by atoms with Crippen molar-refractivity contribution in [2.24, 2.45) is 0 Å². The number of nitrogens with two attached hydrogens (primary N) is 1. The van der Waals surface area contributed by atoms with Gasteiger partial charge in [0, 0.05) is 27.7 Å². The molecule has 0 aliphatic heterocycles. The van der Waals surface area contributed by atoms with Crippen LogP contribution in [-0.4, -0.2) is 15.1 Å². The lowest BCUT2D eigenvalue weighted by Gasteiger charge is -2.04. The topological polar surface area (TPSA) is 97.8 Å². The monoisotopic (exact) mass is 324 g/mol. The molecule has 1 aromatic carbocycles. The molecule has 7 heteroatoms. The standard InChI is InChI=1S/C12H13BrN4O2/c1-2-3-10-11(15-16-12(10)14)7-4-8(13)6-9(5-7)17(18)19/h4-6H,2-3H2,1H3,(H3,14,15,16). The number of benzene rings is 1. The summed E-state index contributed by atoms with van der Waals surface area (Å²) in [4.78, 5) is 10.5. The van der Waals surface area contributed by atoms with Gasteiger partial charge in [-0.05, 0) is 12.5 Å². The van der Waals surface area contributed by atoms with Crippen LogP contribution in [0.15, 0.2) is 22.7 Å². The Bertz CT molecular complexity index is 624. The van der Waals surface area contributed by atoms with Crippen molar-refractivity contribution in [1.82, 2.24) is 10.2 Å². The van der Waals surface area contributed by atoms with Gasteiger partial charge in [0.1, 0.15) is 5.82 Å². The van der Waals surface area contributed by atoms with E-state index in [2.05, 4.69) is 26.1 Å². The first-order valence-corrected chi connectivity index (χ1v) is 6.60. The van der Waals surface area contributed by atoms with Crippen LogP contribution in [0.4, 0.5) is 11.5 Å². The van der Waals surface area contributed by atoms with Crippen LogP contribution in [0.2, 0.25) is 0 Å². The van der Waals surface area contributed by atoms with Gasteiger partial charge in [-0.1, -0.05) is 29.3 Å². The maximum atomic E-state index is 10.9. The highest BCUT2D eigenvalue weighted by Gasteiger charge is 2.16. The fourth-order valence-electron chi connectivity index (χ4n) is 1.94. The minimum Gasteiger partial charge on any atom is -0.382 e. The van der Waals surface area contributed by atoms with E-state index in [0.717, 1.165) is 24.1 Å². The normalized spacial score (nSPS) is 10.6. The average Bonchev–Trinajstić information content (AvgIpc) is 2.71. The number of H-pyrrole nitrogens is 1. The van der Waals surface area contributed by atoms with Crippen LogP contribution < -0.4 is 5.73 Å². The Kier molecular flexibility index (Phi) is 3.84. The zero-order valence-corrected chi connectivity index (χ0v) is 11.9. The van der Waals surface area contributed by atoms with Crippen molar-refractivity contribution in [2.75, 3.05) is 5.73 Å². The van der Waals surface area contributed by atoms with Crippen LogP contribution in [-0.2, 0) is 6.42 Å². The van der Waals surface area contributed by atoms with Crippen molar-refractivity contribution < 1.29 is 4.92 Å². The molecule has 1 heterocycles. The Morgan fingerprint density at radius 3 is 2.84 bits per heavy atom. The minimum atomic E-state index is -0.423. The maximum Gasteiger partial charge on any atom is 0.271 e. The summed E-state index contributed by atoms with van der Waals surface area (Å²) in [5, 5.41) is 17.7. The number of anilines is 1. The van der Waals surface area contributed by atoms with Gasteiger partial charge in [-0.15, -0.1) is 0 Å². The number of nitrogen functional groups attached to an aromatic ring is 1. The molecule has 3 N–H and O–H groups in total. The minimum absolute atomic E-state index is 0.0278. The molecule has 19 heavy (non-hydrogen) atoms. The zero-order valence-electron chi connectivity index (χ0n) is 10.3. The molecule has 0 bridgehead atoms. The molecule has 1 aromatic heterocycles. The van der Waals surface area contributed by atoms with Gasteiger partial charge in [-0.2, -0.15) is 5.10 Å². The van der Waals surface area contributed by atoms with Crippen molar-refractivity contribution in [3.05, 3.63) is 38.3 Å². The summed E-state index contributed by atoms with van der Waals surface area (Å²) < 4.78 is 0.646. The summed E-state index contributed by atoms with van der Waals surface area (Å²) in [5.74, 6) is 0.444. The fraction of sp³-hybridized carbons (Fsp3) is 0.250. The molecule has 0 amide bonds. The van der Waals surface area contributed by atoms with Crippen molar-refractivity contribution >= 4 is 27.4 Å². The quantitative estimate of drug-likeness (QED) is 0.666. The Labute approximate surface area is 118 Å². The van der Waals surface area contributed by atoms with Crippen molar-refractivity contribution in [3.8, 4) is 11.3 Å². The lowest BCUT2D eigenvalue weighted by Crippen LogP contribution is -1.94. The molecule has 0 atom stereocenters. The predicted octanol–water partition coefficient (Wildman–Crippen LogP) is 3.28. The second-order valence-electron chi connectivity index (χ2n) is 4.17. The molecule has 2 aromatic rings. The Balaban J connectivity index is 2.55. The first kappa shape index (κ1) is 13.5. The van der Waals surface area contributed by atoms with Gasteiger partial charge in [0.25, 0.3) is 5.69 Å². The maximum absolute atomic E-state index is 10.9. The number of nitrogens with zero attached hydrogens (tertiary/aromatic N) is 2. The number of aromatic amines is 1. The molecule has 0 radical (unpaired) electrons. The SMILES string of the molecule is CCCc1c(N)n[nH]c1-c1cc(Br)cc([N+](=O)[O-])c1. The van der Waals surface area contributed by atoms with E-state index in [4.69, 9.17) is 5.73 Å². The van der Waals surface area contributed by atoms with E-state index < -0.39 is 4.92 Å². The number of rotatable bonds is 4. The molecule has 0 saturated heterocycles. The van der Waals surface area contributed by atoms with E-state index >= 15 is 0 Å². The number of nitrogens with one attached hydrogen (secondary N) is 1. The molecule has 0 unspecified atom stereocenters. The summed E-state index contributed by atoms with van der Waals surface area (Å²) >= 11 is 3.28. The van der Waals surface area contributed by atoms with Gasteiger partial charge in [0.2, 0.25) is 0 Å². The van der Waals surface area contributed by atoms with Crippen LogP contribution in [0, 0.1) is 10.1 Å². The molecular weight excluding hydrogens is 312 g/mol. The van der Waals surface area contributed by atoms with Gasteiger partial charge in [-0.3, -0.25) is 15.2 Å². The van der Waals surface area contributed by atoms with Crippen LogP contribution in [0.1, 0.15) is 18.9 Å². The summed E-state index contributed by atoms with van der Waals surface area (Å²) in [6, 6.07) is 4.78. The summed E-state index contributed by atoms with van der Waals surface area (Å²) in [6.07, 6.45) is 1.70. The Morgan fingerprint density at radius 2 is 2.21 bits per heavy atom. The third-order valence-corrected chi connectivity index (χ3v) is 3.24. The molecule has 100 valence electrons. The lowest BCUT2D eigenvalue weighted by atomic mass is 10.0. The molecule has 6 nitrogen and oxygen atoms in total. The summed E-state index contributed by atoms with van der Waals surface area (Å²) in [7, 11) is 0. The molecule has 0 aliphatic carbocycles. The van der Waals surface area contributed by atoms with E-state index in [1.54, 1.807) is 6.07 Å². The third kappa shape index (κ3) is 2.76. The Hall–Kier alpha value is -1.89. The molecular formula is C12H13BrN4O2. The number of nitro benzene ring substituents is 1. The Morgan fingerprint density at radius 1 is 1.47 bits per heavy atom. The van der Waals surface area contributed by atoms with Crippen molar-refractivity contribution in [1.29, 1.82) is 0 Å². The first-order valence-electron chi connectivity index (χ1n) is 5.81. The molecule has 0 spiro atoms. The molecule has 0 aliphatic rings. The van der Waals surface area contributed by atoms with E-state index in [1.807, 2.05) is 6.92 Å². The van der Waals surface area contributed by atoms with Crippen LogP contribution in [0.25, 0.3) is 11.3 Å². The predicted molar refractivity (Wildman–Crippen MR) is 76.8 cm³/mol. The number of halogens is 1. The smallest absolute Gasteiger partial charge is 0.271 e. The second kappa shape index (κ2) is 5.40. The van der Waals surface area contributed by atoms with E-state index in [-0.39, 0.29) is 5.69 Å². The van der Waals surface area contributed by atoms with Crippen LogP contribution in [0.3, 0.4) is 0 Å². The van der Waals surface area contributed by atoms with Crippen LogP contribution >= 0.6 is 15.9 Å². The molecule has 0 saturated carbocycles. The van der Waals surface area contributed by atoms with Crippen molar-refractivity contribution in [2.45, 2.75) is 19.8 Å². The highest BCUT2D eigenvalue weighted by Crippen LogP contribution is 2.31. The van der Waals surface area contributed by atoms with E-state index in [0.29, 0.717) is 15.9 Å². The highest BCUT2D eigenvalue weighted by atomic mass is 79.9. The van der Waals surface area contributed by atoms with E-state index in [1.165, 1.54) is 12.1 Å². The van der Waals surface area contributed by atoms with Crippen LogP contribution in [0.5, 0.6) is 0 Å². The number of non-ortho nitro benzene ring substituents is 1. The number of hydrogen-bond acceptors (Lipinski definition) is 4. The largest absolute Gasteiger partial charge is 0.382 e. The zero-order chi connectivity index (χ0) is 14.0. The highest BCUT2D eigenvalue weighted by molar-refractivity contribution is 9.10. The molecule has 2 rings (SSSR count). The van der Waals surface area contributed by atoms with Gasteiger partial charge < -0.3 is 5.73 Å². The van der Waals surface area contributed by atoms with Gasteiger partial charge in [0.05, 0.1) is 10.6 Å². The number of hydrogen-bond donors (Lipinski definition) is 2. The van der Waals surface area contributed by atoms with Gasteiger partial charge in [0.15, 0.2) is 0 Å². The van der Waals surface area contributed by atoms with Gasteiger partial charge in [-0.25, -0.2) is 0 Å².